The van der Waals surface area contributed by atoms with Crippen LogP contribution in [-0.2, 0) is 4.79 Å². The van der Waals surface area contributed by atoms with E-state index < -0.39 is 0 Å². The summed E-state index contributed by atoms with van der Waals surface area (Å²) in [5, 5.41) is 9.44. The van der Waals surface area contributed by atoms with Crippen LogP contribution in [0, 0.1) is 6.92 Å². The monoisotopic (exact) mass is 417 g/mol. The molecule has 0 radical (unpaired) electrons. The number of aromatic nitrogens is 3. The molecule has 0 aliphatic carbocycles. The zero-order valence-corrected chi connectivity index (χ0v) is 17.2. The number of aliphatic hydroxyl groups excluding tert-OH is 1. The third kappa shape index (κ3) is 5.21. The molecule has 2 aliphatic heterocycles. The average molecular weight is 418 g/mol. The quantitative estimate of drug-likeness (QED) is 0.777. The van der Waals surface area contributed by atoms with Crippen LogP contribution in [0.15, 0.2) is 30.7 Å². The minimum absolute atomic E-state index is 0.0293. The number of carbonyl (C=O) groups is 2. The van der Waals surface area contributed by atoms with Gasteiger partial charge in [-0.3, -0.25) is 14.6 Å². The van der Waals surface area contributed by atoms with E-state index in [0.29, 0.717) is 37.0 Å². The maximum atomic E-state index is 11.6. The molecule has 154 valence electrons. The van der Waals surface area contributed by atoms with Crippen molar-refractivity contribution in [3.63, 3.8) is 0 Å². The molecule has 1 fully saturated rings. The van der Waals surface area contributed by atoms with Crippen LogP contribution in [0.1, 0.15) is 35.1 Å². The van der Waals surface area contributed by atoms with E-state index >= 15 is 0 Å². The summed E-state index contributed by atoms with van der Waals surface area (Å²) >= 11 is 5.96. The molecule has 0 atom stereocenters. The van der Waals surface area contributed by atoms with Crippen molar-refractivity contribution >= 4 is 29.0 Å². The third-order valence-electron chi connectivity index (χ3n) is 4.82. The number of hydrogen-bond donors (Lipinski definition) is 2. The van der Waals surface area contributed by atoms with Crippen molar-refractivity contribution in [2.75, 3.05) is 26.2 Å². The Balaban J connectivity index is 0.000000169. The fourth-order valence-corrected chi connectivity index (χ4v) is 3.35. The van der Waals surface area contributed by atoms with Crippen molar-refractivity contribution in [1.29, 1.82) is 0 Å². The standard InChI is InChI=1S/C11H12ClN3O.C9H12N2O2/c1-8(16)15-6-2-9(3-7-15)10-11(12)14-5-4-13-10;1-6-2-8(10-3-6)9(13)11-4-7(12)5-11/h2,4-5H,3,6-7H2,1H3;2-3,7,10,12H,4-5H2,1H3. The number of carbonyl (C=O) groups excluding carboxylic acids is 2. The highest BCUT2D eigenvalue weighted by molar-refractivity contribution is 6.30. The van der Waals surface area contributed by atoms with Gasteiger partial charge in [0.25, 0.3) is 5.91 Å². The van der Waals surface area contributed by atoms with Crippen molar-refractivity contribution in [3.05, 3.63) is 52.8 Å². The van der Waals surface area contributed by atoms with Crippen LogP contribution < -0.4 is 0 Å². The Hall–Kier alpha value is -2.71. The second-order valence-electron chi connectivity index (χ2n) is 7.09. The number of hydrogen-bond acceptors (Lipinski definition) is 5. The highest BCUT2D eigenvalue weighted by atomic mass is 35.5. The molecule has 1 saturated heterocycles. The predicted octanol–water partition coefficient (Wildman–Crippen LogP) is 1.91. The summed E-state index contributed by atoms with van der Waals surface area (Å²) in [6.07, 6.45) is 7.42. The number of halogens is 1. The molecule has 2 aromatic heterocycles. The highest BCUT2D eigenvalue weighted by Gasteiger charge is 2.29. The Labute approximate surface area is 174 Å². The predicted molar refractivity (Wildman–Crippen MR) is 109 cm³/mol. The van der Waals surface area contributed by atoms with Crippen molar-refractivity contribution in [1.82, 2.24) is 24.8 Å². The van der Waals surface area contributed by atoms with Gasteiger partial charge in [-0.05, 0) is 30.5 Å². The van der Waals surface area contributed by atoms with Crippen LogP contribution in [0.2, 0.25) is 5.15 Å². The van der Waals surface area contributed by atoms with Crippen LogP contribution >= 0.6 is 11.6 Å². The number of β-amino-alcohol motifs (C(OH)–C–C–N with tert-alkyl or cyclic N) is 1. The van der Waals surface area contributed by atoms with Gasteiger partial charge in [0.2, 0.25) is 5.91 Å². The number of likely N-dealkylation sites (tertiary alicyclic amines) is 1. The van der Waals surface area contributed by atoms with E-state index in [9.17, 15) is 9.59 Å². The SMILES string of the molecule is CC(=O)N1CC=C(c2nccnc2Cl)CC1.Cc1c[nH]c(C(=O)N2CC(O)C2)c1. The molecule has 0 saturated carbocycles. The Morgan fingerprint density at radius 2 is 1.97 bits per heavy atom. The molecular weight excluding hydrogens is 394 g/mol. The van der Waals surface area contributed by atoms with Crippen LogP contribution in [0.4, 0.5) is 0 Å². The highest BCUT2D eigenvalue weighted by Crippen LogP contribution is 2.24. The topological polar surface area (TPSA) is 102 Å². The van der Waals surface area contributed by atoms with E-state index in [1.807, 2.05) is 19.1 Å². The zero-order valence-electron chi connectivity index (χ0n) is 16.4. The third-order valence-corrected chi connectivity index (χ3v) is 5.10. The summed E-state index contributed by atoms with van der Waals surface area (Å²) < 4.78 is 0. The Kier molecular flexibility index (Phi) is 6.66. The summed E-state index contributed by atoms with van der Waals surface area (Å²) in [4.78, 5) is 37.2. The number of H-pyrrole nitrogens is 1. The van der Waals surface area contributed by atoms with Crippen LogP contribution in [0.3, 0.4) is 0 Å². The molecule has 0 spiro atoms. The van der Waals surface area contributed by atoms with E-state index in [2.05, 4.69) is 15.0 Å². The molecular formula is C20H24ClN5O3. The normalized spacial score (nSPS) is 16.5. The number of rotatable bonds is 2. The van der Waals surface area contributed by atoms with E-state index in [1.54, 1.807) is 35.3 Å². The van der Waals surface area contributed by atoms with Gasteiger partial charge in [-0.2, -0.15) is 0 Å². The molecule has 0 aromatic carbocycles. The van der Waals surface area contributed by atoms with Gasteiger partial charge < -0.3 is 19.9 Å². The fraction of sp³-hybridized carbons (Fsp3) is 0.400. The van der Waals surface area contributed by atoms with Gasteiger partial charge in [-0.25, -0.2) is 4.98 Å². The zero-order chi connectivity index (χ0) is 21.0. The van der Waals surface area contributed by atoms with Crippen molar-refractivity contribution in [3.8, 4) is 0 Å². The molecule has 2 amide bonds. The molecule has 0 bridgehead atoms. The first-order valence-corrected chi connectivity index (χ1v) is 9.76. The molecule has 29 heavy (non-hydrogen) atoms. The maximum absolute atomic E-state index is 11.6. The fourth-order valence-electron chi connectivity index (χ4n) is 3.12. The van der Waals surface area contributed by atoms with E-state index in [4.69, 9.17) is 16.7 Å². The summed E-state index contributed by atoms with van der Waals surface area (Å²) in [6.45, 7) is 5.76. The number of aromatic amines is 1. The van der Waals surface area contributed by atoms with Gasteiger partial charge in [0, 0.05) is 51.7 Å². The average Bonchev–Trinajstić information content (AvgIpc) is 3.12. The maximum Gasteiger partial charge on any atom is 0.270 e. The Morgan fingerprint density at radius 3 is 2.48 bits per heavy atom. The van der Waals surface area contributed by atoms with Crippen molar-refractivity contribution in [2.24, 2.45) is 0 Å². The van der Waals surface area contributed by atoms with Gasteiger partial charge in [0.1, 0.15) is 11.4 Å². The summed E-state index contributed by atoms with van der Waals surface area (Å²) in [5.41, 5.74) is 3.44. The first-order chi connectivity index (χ1) is 13.8. The van der Waals surface area contributed by atoms with Gasteiger partial charge in [0.15, 0.2) is 5.15 Å². The lowest BCUT2D eigenvalue weighted by atomic mass is 10.1. The smallest absolute Gasteiger partial charge is 0.270 e. The van der Waals surface area contributed by atoms with Gasteiger partial charge in [-0.15, -0.1) is 0 Å². The molecule has 2 aromatic rings. The van der Waals surface area contributed by atoms with E-state index in [0.717, 1.165) is 23.3 Å². The number of nitrogens with zero attached hydrogens (tertiary/aromatic N) is 4. The van der Waals surface area contributed by atoms with Crippen LogP contribution in [0.25, 0.3) is 5.57 Å². The largest absolute Gasteiger partial charge is 0.389 e. The number of aryl methyl sites for hydroxylation is 1. The van der Waals surface area contributed by atoms with Gasteiger partial charge in [-0.1, -0.05) is 17.7 Å². The lowest BCUT2D eigenvalue weighted by Gasteiger charge is -2.35. The summed E-state index contributed by atoms with van der Waals surface area (Å²) in [7, 11) is 0. The minimum atomic E-state index is -0.333. The second kappa shape index (κ2) is 9.19. The summed E-state index contributed by atoms with van der Waals surface area (Å²) in [5.74, 6) is 0.0685. The van der Waals surface area contributed by atoms with Gasteiger partial charge in [0.05, 0.1) is 6.10 Å². The number of amides is 2. The molecule has 2 N–H and O–H groups in total. The van der Waals surface area contributed by atoms with Gasteiger partial charge >= 0.3 is 0 Å². The second-order valence-corrected chi connectivity index (χ2v) is 7.45. The molecule has 4 heterocycles. The van der Waals surface area contributed by atoms with Crippen LogP contribution in [-0.4, -0.2) is 74.0 Å². The Morgan fingerprint density at radius 1 is 1.24 bits per heavy atom. The first-order valence-electron chi connectivity index (χ1n) is 9.39. The molecule has 8 nitrogen and oxygen atoms in total. The van der Waals surface area contributed by atoms with E-state index in [-0.39, 0.29) is 17.9 Å². The molecule has 4 rings (SSSR count). The summed E-state index contributed by atoms with van der Waals surface area (Å²) in [6, 6.07) is 1.81. The number of nitrogens with one attached hydrogen (secondary N) is 1. The Bertz CT molecular complexity index is 920. The van der Waals surface area contributed by atoms with Crippen LogP contribution in [0.5, 0.6) is 0 Å². The molecule has 0 unspecified atom stereocenters. The lowest BCUT2D eigenvalue weighted by Crippen LogP contribution is -2.53. The molecule has 9 heteroatoms. The first kappa shape index (κ1) is 21.0. The minimum Gasteiger partial charge on any atom is -0.389 e. The van der Waals surface area contributed by atoms with Crippen molar-refractivity contribution < 1.29 is 14.7 Å². The number of aliphatic hydroxyl groups is 1. The lowest BCUT2D eigenvalue weighted by molar-refractivity contribution is -0.128. The molecule has 2 aliphatic rings. The van der Waals surface area contributed by atoms with E-state index in [1.165, 1.54) is 0 Å². The van der Waals surface area contributed by atoms with Crippen molar-refractivity contribution in [2.45, 2.75) is 26.4 Å².